The molecule has 88 valence electrons. The maximum absolute atomic E-state index is 9.77. The minimum Gasteiger partial charge on any atom is -0.492 e. The zero-order chi connectivity index (χ0) is 11.4. The number of aliphatic hydroxyl groups excluding tert-OH is 1. The van der Waals surface area contributed by atoms with Crippen LogP contribution in [0, 0.1) is 0 Å². The number of anilines is 1. The molecule has 0 aromatic heterocycles. The molecule has 1 aromatic rings. The highest BCUT2D eigenvalue weighted by molar-refractivity contribution is 5.57. The molecule has 0 spiro atoms. The average Bonchev–Trinajstić information content (AvgIpc) is 2.68. The smallest absolute Gasteiger partial charge is 0.142 e. The van der Waals surface area contributed by atoms with Crippen molar-refractivity contribution in [1.29, 1.82) is 0 Å². The molecule has 2 N–H and O–H groups in total. The lowest BCUT2D eigenvalue weighted by atomic mass is 10.2. The van der Waals surface area contributed by atoms with Crippen molar-refractivity contribution < 1.29 is 9.84 Å². The molecular formula is C13H19NO2. The second-order valence-electron chi connectivity index (χ2n) is 4.18. The Bertz CT molecular complexity index is 340. The van der Waals surface area contributed by atoms with Crippen LogP contribution in [0.15, 0.2) is 24.3 Å². The Morgan fingerprint density at radius 1 is 1.38 bits per heavy atom. The minimum absolute atomic E-state index is 0.168. The number of ether oxygens (including phenoxy) is 1. The quantitative estimate of drug-likeness (QED) is 0.820. The number of nitrogens with one attached hydrogen (secondary N) is 1. The Morgan fingerprint density at radius 3 is 2.88 bits per heavy atom. The Hall–Kier alpha value is -1.22. The first-order chi connectivity index (χ1) is 7.81. The van der Waals surface area contributed by atoms with Crippen LogP contribution in [0.4, 0.5) is 5.69 Å². The molecule has 3 heteroatoms. The van der Waals surface area contributed by atoms with Crippen LogP contribution in [0.5, 0.6) is 5.75 Å². The summed E-state index contributed by atoms with van der Waals surface area (Å²) >= 11 is 0. The van der Waals surface area contributed by atoms with E-state index in [1.807, 2.05) is 31.2 Å². The third-order valence-electron chi connectivity index (χ3n) is 3.01. The van der Waals surface area contributed by atoms with Crippen LogP contribution in [0.2, 0.25) is 0 Å². The minimum atomic E-state index is -0.227. The lowest BCUT2D eigenvalue weighted by Gasteiger charge is -2.19. The van der Waals surface area contributed by atoms with Gasteiger partial charge in [-0.2, -0.15) is 0 Å². The molecule has 1 aromatic carbocycles. The second kappa shape index (κ2) is 5.21. The van der Waals surface area contributed by atoms with Gasteiger partial charge in [0.2, 0.25) is 0 Å². The summed E-state index contributed by atoms with van der Waals surface area (Å²) in [5.74, 6) is 0.865. The predicted octanol–water partition coefficient (Wildman–Crippen LogP) is 2.41. The van der Waals surface area contributed by atoms with E-state index in [-0.39, 0.29) is 12.1 Å². The fourth-order valence-electron chi connectivity index (χ4n) is 2.18. The van der Waals surface area contributed by atoms with Crippen LogP contribution in [-0.4, -0.2) is 23.9 Å². The molecule has 0 aliphatic heterocycles. The van der Waals surface area contributed by atoms with Gasteiger partial charge in [0.25, 0.3) is 0 Å². The molecule has 3 nitrogen and oxygen atoms in total. The van der Waals surface area contributed by atoms with Crippen LogP contribution < -0.4 is 10.1 Å². The number of hydrogen-bond donors (Lipinski definition) is 2. The first-order valence-electron chi connectivity index (χ1n) is 5.97. The van der Waals surface area contributed by atoms with Crippen molar-refractivity contribution in [2.75, 3.05) is 11.9 Å². The van der Waals surface area contributed by atoms with Gasteiger partial charge >= 0.3 is 0 Å². The summed E-state index contributed by atoms with van der Waals surface area (Å²) in [4.78, 5) is 0. The zero-order valence-corrected chi connectivity index (χ0v) is 9.65. The highest BCUT2D eigenvalue weighted by atomic mass is 16.5. The molecule has 0 saturated heterocycles. The standard InChI is InChI=1S/C13H19NO2/c1-2-16-13-9-4-3-6-11(13)14-10-7-5-8-12(10)15/h3-4,6,9-10,12,14-15H,2,5,7-8H2,1H3/t10-,12-/m0/s1. The second-order valence-corrected chi connectivity index (χ2v) is 4.18. The zero-order valence-electron chi connectivity index (χ0n) is 9.65. The number of hydrogen-bond acceptors (Lipinski definition) is 3. The molecule has 1 fully saturated rings. The van der Waals surface area contributed by atoms with Gasteiger partial charge in [0.15, 0.2) is 0 Å². The molecule has 0 unspecified atom stereocenters. The molecule has 0 heterocycles. The monoisotopic (exact) mass is 221 g/mol. The van der Waals surface area contributed by atoms with E-state index < -0.39 is 0 Å². The van der Waals surface area contributed by atoms with Crippen molar-refractivity contribution in [1.82, 2.24) is 0 Å². The number of benzene rings is 1. The molecule has 2 rings (SSSR count). The van der Waals surface area contributed by atoms with E-state index in [9.17, 15) is 5.11 Å². The Balaban J connectivity index is 2.07. The molecule has 16 heavy (non-hydrogen) atoms. The summed E-state index contributed by atoms with van der Waals surface area (Å²) in [5.41, 5.74) is 0.982. The van der Waals surface area contributed by atoms with E-state index in [0.717, 1.165) is 30.7 Å². The molecule has 0 amide bonds. The van der Waals surface area contributed by atoms with Crippen molar-refractivity contribution in [2.45, 2.75) is 38.3 Å². The van der Waals surface area contributed by atoms with E-state index in [1.54, 1.807) is 0 Å². The number of aliphatic hydroxyl groups is 1. The van der Waals surface area contributed by atoms with E-state index in [1.165, 1.54) is 0 Å². The Kier molecular flexibility index (Phi) is 3.67. The van der Waals surface area contributed by atoms with E-state index in [0.29, 0.717) is 6.61 Å². The molecular weight excluding hydrogens is 202 g/mol. The third kappa shape index (κ3) is 2.47. The molecule has 0 bridgehead atoms. The van der Waals surface area contributed by atoms with Crippen LogP contribution in [0.3, 0.4) is 0 Å². The molecule has 1 aliphatic carbocycles. The first-order valence-corrected chi connectivity index (χ1v) is 5.97. The van der Waals surface area contributed by atoms with Gasteiger partial charge in [-0.15, -0.1) is 0 Å². The Labute approximate surface area is 96.4 Å². The summed E-state index contributed by atoms with van der Waals surface area (Å²) in [7, 11) is 0. The maximum Gasteiger partial charge on any atom is 0.142 e. The SMILES string of the molecule is CCOc1ccccc1N[C@H]1CCC[C@@H]1O. The van der Waals surface area contributed by atoms with Crippen molar-refractivity contribution in [3.05, 3.63) is 24.3 Å². The molecule has 1 saturated carbocycles. The van der Waals surface area contributed by atoms with Crippen molar-refractivity contribution in [2.24, 2.45) is 0 Å². The lowest BCUT2D eigenvalue weighted by molar-refractivity contribution is 0.171. The summed E-state index contributed by atoms with van der Waals surface area (Å²) in [6, 6.07) is 8.05. The van der Waals surface area contributed by atoms with Crippen molar-refractivity contribution in [3.8, 4) is 5.75 Å². The van der Waals surface area contributed by atoms with Gasteiger partial charge in [-0.3, -0.25) is 0 Å². The van der Waals surface area contributed by atoms with Crippen LogP contribution >= 0.6 is 0 Å². The fourth-order valence-corrected chi connectivity index (χ4v) is 2.18. The van der Waals surface area contributed by atoms with Crippen molar-refractivity contribution >= 4 is 5.69 Å². The average molecular weight is 221 g/mol. The predicted molar refractivity (Wildman–Crippen MR) is 64.9 cm³/mol. The van der Waals surface area contributed by atoms with E-state index >= 15 is 0 Å². The van der Waals surface area contributed by atoms with Crippen LogP contribution in [0.1, 0.15) is 26.2 Å². The lowest BCUT2D eigenvalue weighted by Crippen LogP contribution is -2.28. The van der Waals surface area contributed by atoms with Gasteiger partial charge in [0.1, 0.15) is 5.75 Å². The van der Waals surface area contributed by atoms with Gasteiger partial charge in [-0.1, -0.05) is 12.1 Å². The maximum atomic E-state index is 9.77. The summed E-state index contributed by atoms with van der Waals surface area (Å²) in [6.45, 7) is 2.63. The highest BCUT2D eigenvalue weighted by Gasteiger charge is 2.25. The van der Waals surface area contributed by atoms with E-state index in [4.69, 9.17) is 4.74 Å². The van der Waals surface area contributed by atoms with Gasteiger partial charge in [0, 0.05) is 0 Å². The Morgan fingerprint density at radius 2 is 2.19 bits per heavy atom. The summed E-state index contributed by atoms with van der Waals surface area (Å²) < 4.78 is 5.54. The van der Waals surface area contributed by atoms with Gasteiger partial charge in [-0.25, -0.2) is 0 Å². The van der Waals surface area contributed by atoms with E-state index in [2.05, 4.69) is 5.32 Å². The third-order valence-corrected chi connectivity index (χ3v) is 3.01. The van der Waals surface area contributed by atoms with Gasteiger partial charge in [0.05, 0.1) is 24.4 Å². The van der Waals surface area contributed by atoms with Gasteiger partial charge in [-0.05, 0) is 38.3 Å². The van der Waals surface area contributed by atoms with Crippen molar-refractivity contribution in [3.63, 3.8) is 0 Å². The first kappa shape index (κ1) is 11.3. The largest absolute Gasteiger partial charge is 0.492 e. The van der Waals surface area contributed by atoms with Gasteiger partial charge < -0.3 is 15.2 Å². The molecule has 1 aliphatic rings. The topological polar surface area (TPSA) is 41.5 Å². The molecule has 0 radical (unpaired) electrons. The van der Waals surface area contributed by atoms with Crippen LogP contribution in [0.25, 0.3) is 0 Å². The summed E-state index contributed by atoms with van der Waals surface area (Å²) in [6.07, 6.45) is 2.79. The summed E-state index contributed by atoms with van der Waals surface area (Å²) in [5, 5.41) is 13.1. The number of para-hydroxylation sites is 2. The highest BCUT2D eigenvalue weighted by Crippen LogP contribution is 2.28. The fraction of sp³-hybridized carbons (Fsp3) is 0.538. The number of rotatable bonds is 4. The van der Waals surface area contributed by atoms with Crippen LogP contribution in [-0.2, 0) is 0 Å². The normalized spacial score (nSPS) is 24.4. The molecule has 2 atom stereocenters.